The minimum absolute atomic E-state index is 0.0241. The van der Waals surface area contributed by atoms with Crippen LogP contribution in [0.4, 0.5) is 10.1 Å². The zero-order valence-corrected chi connectivity index (χ0v) is 17.1. The Bertz CT molecular complexity index is 1050. The second-order valence-corrected chi connectivity index (χ2v) is 7.06. The molecular formula is C18H17ClFN5O3S. The molecule has 0 aliphatic heterocycles. The number of aromatic nitrogens is 3. The van der Waals surface area contributed by atoms with Crippen molar-refractivity contribution in [3.63, 3.8) is 0 Å². The van der Waals surface area contributed by atoms with Crippen molar-refractivity contribution >= 4 is 35.0 Å². The molecule has 3 N–H and O–H groups in total. The molecule has 0 spiro atoms. The monoisotopic (exact) mass is 437 g/mol. The number of hydrogen-bond acceptors (Lipinski definition) is 7. The van der Waals surface area contributed by atoms with Gasteiger partial charge in [0.2, 0.25) is 11.1 Å². The lowest BCUT2D eigenvalue weighted by atomic mass is 10.2. The Kier molecular flexibility index (Phi) is 6.45. The number of halogens is 2. The van der Waals surface area contributed by atoms with Crippen LogP contribution in [0.1, 0.15) is 0 Å². The van der Waals surface area contributed by atoms with E-state index in [2.05, 4.69) is 15.5 Å². The van der Waals surface area contributed by atoms with Gasteiger partial charge in [-0.2, -0.15) is 0 Å². The molecule has 0 bridgehead atoms. The molecular weight excluding hydrogens is 421 g/mol. The third-order valence-corrected chi connectivity index (χ3v) is 5.07. The molecule has 0 unspecified atom stereocenters. The fraction of sp³-hybridized carbons (Fsp3) is 0.167. The molecule has 3 aromatic rings. The summed E-state index contributed by atoms with van der Waals surface area (Å²) in [6.07, 6.45) is 0. The summed E-state index contributed by atoms with van der Waals surface area (Å²) in [5.41, 5.74) is 1.07. The Morgan fingerprint density at radius 1 is 1.21 bits per heavy atom. The summed E-state index contributed by atoms with van der Waals surface area (Å²) >= 11 is 6.81. The molecule has 0 atom stereocenters. The second kappa shape index (κ2) is 9.01. The van der Waals surface area contributed by atoms with Gasteiger partial charge in [-0.05, 0) is 36.4 Å². The van der Waals surface area contributed by atoms with Crippen molar-refractivity contribution in [1.82, 2.24) is 14.9 Å². The fourth-order valence-corrected chi connectivity index (χ4v) is 3.29. The molecule has 152 valence electrons. The number of nitrogens with two attached hydrogens (primary N) is 1. The lowest BCUT2D eigenvalue weighted by Crippen LogP contribution is -2.16. The summed E-state index contributed by atoms with van der Waals surface area (Å²) in [7, 11) is 3.08. The van der Waals surface area contributed by atoms with Gasteiger partial charge in [-0.25, -0.2) is 9.07 Å². The van der Waals surface area contributed by atoms with E-state index < -0.39 is 5.82 Å². The Balaban J connectivity index is 1.68. The number of carbonyl (C=O) groups excluding carboxylic acids is 1. The molecule has 0 radical (unpaired) electrons. The molecule has 3 rings (SSSR count). The minimum atomic E-state index is -0.557. The van der Waals surface area contributed by atoms with Gasteiger partial charge >= 0.3 is 0 Å². The molecule has 1 amide bonds. The van der Waals surface area contributed by atoms with Crippen LogP contribution in [0.5, 0.6) is 11.5 Å². The van der Waals surface area contributed by atoms with Crippen molar-refractivity contribution in [2.24, 2.45) is 0 Å². The van der Waals surface area contributed by atoms with Crippen LogP contribution in [0.2, 0.25) is 5.02 Å². The van der Waals surface area contributed by atoms with Gasteiger partial charge in [0, 0.05) is 11.3 Å². The normalized spacial score (nSPS) is 10.6. The van der Waals surface area contributed by atoms with Gasteiger partial charge in [-0.15, -0.1) is 10.2 Å². The third kappa shape index (κ3) is 4.72. The summed E-state index contributed by atoms with van der Waals surface area (Å²) in [6, 6.07) is 9.16. The zero-order chi connectivity index (χ0) is 21.0. The number of rotatable bonds is 7. The number of carbonyl (C=O) groups is 1. The van der Waals surface area contributed by atoms with Crippen molar-refractivity contribution < 1.29 is 18.7 Å². The molecule has 1 heterocycles. The predicted octanol–water partition coefficient (Wildman–Crippen LogP) is 3.20. The van der Waals surface area contributed by atoms with Gasteiger partial charge in [0.1, 0.15) is 5.82 Å². The molecule has 0 saturated carbocycles. The number of thioether (sulfide) groups is 1. The van der Waals surface area contributed by atoms with Crippen molar-refractivity contribution in [3.05, 3.63) is 47.2 Å². The average Bonchev–Trinajstić information content (AvgIpc) is 3.09. The molecule has 11 heteroatoms. The van der Waals surface area contributed by atoms with E-state index >= 15 is 0 Å². The number of nitrogens with zero attached hydrogens (tertiary/aromatic N) is 3. The van der Waals surface area contributed by atoms with Crippen LogP contribution in [0.15, 0.2) is 41.6 Å². The molecule has 0 aliphatic carbocycles. The van der Waals surface area contributed by atoms with Crippen LogP contribution in [-0.2, 0) is 4.79 Å². The van der Waals surface area contributed by atoms with Crippen LogP contribution < -0.4 is 20.6 Å². The predicted molar refractivity (Wildman–Crippen MR) is 109 cm³/mol. The highest BCUT2D eigenvalue weighted by atomic mass is 35.5. The van der Waals surface area contributed by atoms with Crippen molar-refractivity contribution in [3.8, 4) is 22.9 Å². The van der Waals surface area contributed by atoms with Crippen molar-refractivity contribution in [1.29, 1.82) is 0 Å². The van der Waals surface area contributed by atoms with Crippen LogP contribution in [-0.4, -0.2) is 40.8 Å². The number of nitrogen functional groups attached to an aromatic ring is 1. The first-order chi connectivity index (χ1) is 13.9. The van der Waals surface area contributed by atoms with Gasteiger partial charge in [0.15, 0.2) is 17.3 Å². The Morgan fingerprint density at radius 3 is 2.66 bits per heavy atom. The first kappa shape index (κ1) is 20.7. The largest absolute Gasteiger partial charge is 0.493 e. The Morgan fingerprint density at radius 2 is 1.97 bits per heavy atom. The summed E-state index contributed by atoms with van der Waals surface area (Å²) in [4.78, 5) is 12.1. The molecule has 0 fully saturated rings. The standard InChI is InChI=1S/C18H17ClFN5O3S/c1-27-14-6-3-10(7-15(14)28-2)17-23-24-18(25(17)21)29-9-16(26)22-11-4-5-13(20)12(19)8-11/h3-8H,9,21H2,1-2H3,(H,22,26). The molecule has 8 nitrogen and oxygen atoms in total. The van der Waals surface area contributed by atoms with Crippen LogP contribution >= 0.6 is 23.4 Å². The molecule has 0 aliphatic rings. The average molecular weight is 438 g/mol. The van der Waals surface area contributed by atoms with Gasteiger partial charge in [0.25, 0.3) is 0 Å². The van der Waals surface area contributed by atoms with Gasteiger partial charge in [-0.3, -0.25) is 4.79 Å². The highest BCUT2D eigenvalue weighted by Gasteiger charge is 2.16. The highest BCUT2D eigenvalue weighted by Crippen LogP contribution is 2.32. The molecule has 1 aromatic heterocycles. The first-order valence-corrected chi connectivity index (χ1v) is 9.60. The summed E-state index contributed by atoms with van der Waals surface area (Å²) in [5, 5.41) is 11.0. The SMILES string of the molecule is COc1ccc(-c2nnc(SCC(=O)Nc3ccc(F)c(Cl)c3)n2N)cc1OC. The zero-order valence-electron chi connectivity index (χ0n) is 15.5. The minimum Gasteiger partial charge on any atom is -0.493 e. The number of methoxy groups -OCH3 is 2. The smallest absolute Gasteiger partial charge is 0.234 e. The second-order valence-electron chi connectivity index (χ2n) is 5.71. The van der Waals surface area contributed by atoms with E-state index in [-0.39, 0.29) is 16.7 Å². The summed E-state index contributed by atoms with van der Waals surface area (Å²) in [5.74, 6) is 6.73. The molecule has 29 heavy (non-hydrogen) atoms. The topological polar surface area (TPSA) is 104 Å². The maximum atomic E-state index is 13.2. The number of nitrogens with one attached hydrogen (secondary N) is 1. The van der Waals surface area contributed by atoms with Crippen molar-refractivity contribution in [2.75, 3.05) is 31.1 Å². The van der Waals surface area contributed by atoms with E-state index in [4.69, 9.17) is 26.9 Å². The Hall–Kier alpha value is -2.98. The van der Waals surface area contributed by atoms with E-state index in [1.165, 1.54) is 30.0 Å². The van der Waals surface area contributed by atoms with E-state index in [1.807, 2.05) is 0 Å². The lowest BCUT2D eigenvalue weighted by Gasteiger charge is -2.09. The molecule has 2 aromatic carbocycles. The molecule has 0 saturated heterocycles. The van der Waals surface area contributed by atoms with E-state index in [0.717, 1.165) is 11.8 Å². The Labute approximate surface area is 175 Å². The van der Waals surface area contributed by atoms with Crippen LogP contribution in [0, 0.1) is 5.82 Å². The van der Waals surface area contributed by atoms with Gasteiger partial charge in [-0.1, -0.05) is 23.4 Å². The number of benzene rings is 2. The van der Waals surface area contributed by atoms with E-state index in [1.54, 1.807) is 25.3 Å². The van der Waals surface area contributed by atoms with Crippen LogP contribution in [0.25, 0.3) is 11.4 Å². The van der Waals surface area contributed by atoms with Gasteiger partial charge < -0.3 is 20.6 Å². The highest BCUT2D eigenvalue weighted by molar-refractivity contribution is 7.99. The number of amides is 1. The first-order valence-electron chi connectivity index (χ1n) is 8.23. The quantitative estimate of drug-likeness (QED) is 0.432. The number of anilines is 1. The third-order valence-electron chi connectivity index (χ3n) is 3.84. The number of ether oxygens (including phenoxy) is 2. The van der Waals surface area contributed by atoms with Gasteiger partial charge in [0.05, 0.1) is 25.0 Å². The maximum Gasteiger partial charge on any atom is 0.234 e. The summed E-state index contributed by atoms with van der Waals surface area (Å²) < 4.78 is 25.0. The van der Waals surface area contributed by atoms with Crippen molar-refractivity contribution in [2.45, 2.75) is 5.16 Å². The fourth-order valence-electron chi connectivity index (χ4n) is 2.45. The van der Waals surface area contributed by atoms with Crippen LogP contribution in [0.3, 0.4) is 0 Å². The maximum absolute atomic E-state index is 13.2. The lowest BCUT2D eigenvalue weighted by molar-refractivity contribution is -0.113. The number of hydrogen-bond donors (Lipinski definition) is 2. The van der Waals surface area contributed by atoms with E-state index in [9.17, 15) is 9.18 Å². The van der Waals surface area contributed by atoms with E-state index in [0.29, 0.717) is 33.7 Å². The summed E-state index contributed by atoms with van der Waals surface area (Å²) in [6.45, 7) is 0.